The van der Waals surface area contributed by atoms with E-state index < -0.39 is 6.04 Å². The predicted molar refractivity (Wildman–Crippen MR) is 63.9 cm³/mol. The third kappa shape index (κ3) is 7.25. The lowest BCUT2D eigenvalue weighted by Crippen LogP contribution is -2.47. The average Bonchev–Trinajstić information content (AvgIpc) is 2.20. The van der Waals surface area contributed by atoms with Crippen molar-refractivity contribution in [1.29, 1.82) is 0 Å². The summed E-state index contributed by atoms with van der Waals surface area (Å²) in [5.41, 5.74) is 0. The second-order valence-electron chi connectivity index (χ2n) is 3.20. The third-order valence-corrected chi connectivity index (χ3v) is 2.71. The van der Waals surface area contributed by atoms with Crippen LogP contribution in [0.1, 0.15) is 27.2 Å². The van der Waals surface area contributed by atoms with Gasteiger partial charge in [-0.2, -0.15) is 11.8 Å². The van der Waals surface area contributed by atoms with E-state index in [-0.39, 0.29) is 11.8 Å². The molecule has 0 aliphatic heterocycles. The second-order valence-corrected chi connectivity index (χ2v) is 4.52. The van der Waals surface area contributed by atoms with Crippen LogP contribution in [-0.2, 0) is 9.59 Å². The smallest absolute Gasteiger partial charge is 0.243 e. The lowest BCUT2D eigenvalue weighted by Gasteiger charge is -2.16. The third-order valence-electron chi connectivity index (χ3n) is 1.73. The average molecular weight is 232 g/mol. The molecule has 0 aliphatic rings. The second kappa shape index (κ2) is 8.59. The molecule has 0 saturated carbocycles. The molecule has 0 radical (unpaired) electrons. The van der Waals surface area contributed by atoms with Crippen molar-refractivity contribution in [2.45, 2.75) is 33.2 Å². The molecule has 0 aromatic heterocycles. The number of carbonyl (C=O) groups is 2. The molecule has 0 aliphatic carbocycles. The van der Waals surface area contributed by atoms with Gasteiger partial charge in [-0.3, -0.25) is 9.59 Å². The molecule has 0 unspecified atom stereocenters. The van der Waals surface area contributed by atoms with Crippen molar-refractivity contribution in [3.63, 3.8) is 0 Å². The van der Waals surface area contributed by atoms with Gasteiger partial charge in [-0.1, -0.05) is 13.8 Å². The molecule has 0 rings (SSSR count). The molecule has 88 valence electrons. The van der Waals surface area contributed by atoms with Crippen LogP contribution < -0.4 is 10.6 Å². The Labute approximate surface area is 95.6 Å². The minimum Gasteiger partial charge on any atom is -0.354 e. The lowest BCUT2D eigenvalue weighted by molar-refractivity contribution is -0.127. The van der Waals surface area contributed by atoms with Gasteiger partial charge in [-0.25, -0.2) is 0 Å². The molecule has 5 heteroatoms. The van der Waals surface area contributed by atoms with Crippen LogP contribution in [0.4, 0.5) is 0 Å². The molecule has 4 nitrogen and oxygen atoms in total. The highest BCUT2D eigenvalue weighted by Gasteiger charge is 2.18. The van der Waals surface area contributed by atoms with E-state index in [2.05, 4.69) is 10.6 Å². The van der Waals surface area contributed by atoms with Gasteiger partial charge in [-0.05, 0) is 12.2 Å². The van der Waals surface area contributed by atoms with E-state index in [1.165, 1.54) is 6.92 Å². The van der Waals surface area contributed by atoms with Crippen LogP contribution in [0.2, 0.25) is 0 Å². The number of hydrogen-bond donors (Lipinski definition) is 2. The van der Waals surface area contributed by atoms with Crippen molar-refractivity contribution in [1.82, 2.24) is 10.6 Å². The highest BCUT2D eigenvalue weighted by molar-refractivity contribution is 7.99. The van der Waals surface area contributed by atoms with E-state index in [9.17, 15) is 9.59 Å². The van der Waals surface area contributed by atoms with Crippen molar-refractivity contribution in [2.24, 2.45) is 0 Å². The summed E-state index contributed by atoms with van der Waals surface area (Å²) in [4.78, 5) is 22.5. The Bertz CT molecular complexity index is 210. The van der Waals surface area contributed by atoms with Crippen molar-refractivity contribution >= 4 is 23.6 Å². The Morgan fingerprint density at radius 2 is 2.00 bits per heavy atom. The number of hydrogen-bond acceptors (Lipinski definition) is 3. The molecular formula is C10H20N2O2S. The summed E-state index contributed by atoms with van der Waals surface area (Å²) < 4.78 is 0. The first-order valence-electron chi connectivity index (χ1n) is 5.24. The van der Waals surface area contributed by atoms with E-state index >= 15 is 0 Å². The molecular weight excluding hydrogens is 212 g/mol. The summed E-state index contributed by atoms with van der Waals surface area (Å²) in [5, 5.41) is 5.43. The molecule has 0 fully saturated rings. The van der Waals surface area contributed by atoms with Crippen molar-refractivity contribution in [3.05, 3.63) is 0 Å². The van der Waals surface area contributed by atoms with Crippen molar-refractivity contribution in [3.8, 4) is 0 Å². The molecule has 1 atom stereocenters. The first-order valence-corrected chi connectivity index (χ1v) is 6.39. The molecule has 0 bridgehead atoms. The first-order chi connectivity index (χ1) is 7.11. The Hall–Kier alpha value is -0.710. The van der Waals surface area contributed by atoms with Gasteiger partial charge in [0.1, 0.15) is 6.04 Å². The predicted octanol–water partition coefficient (Wildman–Crippen LogP) is 0.770. The van der Waals surface area contributed by atoms with Gasteiger partial charge in [0.15, 0.2) is 0 Å². The Kier molecular flexibility index (Phi) is 8.18. The van der Waals surface area contributed by atoms with Crippen molar-refractivity contribution in [2.75, 3.05) is 18.1 Å². The first kappa shape index (κ1) is 14.3. The minimum absolute atomic E-state index is 0.0898. The fourth-order valence-corrected chi connectivity index (χ4v) is 1.74. The highest BCUT2D eigenvalue weighted by atomic mass is 32.2. The van der Waals surface area contributed by atoms with Crippen LogP contribution >= 0.6 is 11.8 Å². The van der Waals surface area contributed by atoms with Gasteiger partial charge >= 0.3 is 0 Å². The van der Waals surface area contributed by atoms with Crippen LogP contribution in [-0.4, -0.2) is 35.9 Å². The summed E-state index contributed by atoms with van der Waals surface area (Å²) in [6, 6.07) is -0.404. The highest BCUT2D eigenvalue weighted by Crippen LogP contribution is 2.02. The molecule has 0 heterocycles. The molecule has 0 saturated heterocycles. The Balaban J connectivity index is 4.07. The summed E-state index contributed by atoms with van der Waals surface area (Å²) in [5.74, 6) is 1.32. The van der Waals surface area contributed by atoms with E-state index in [4.69, 9.17) is 0 Å². The van der Waals surface area contributed by atoms with Gasteiger partial charge < -0.3 is 10.6 Å². The van der Waals surface area contributed by atoms with E-state index in [0.29, 0.717) is 12.3 Å². The van der Waals surface area contributed by atoms with Crippen LogP contribution in [0.15, 0.2) is 0 Å². The molecule has 2 N–H and O–H groups in total. The monoisotopic (exact) mass is 232 g/mol. The maximum atomic E-state index is 11.6. The van der Waals surface area contributed by atoms with Gasteiger partial charge in [0.25, 0.3) is 0 Å². The Morgan fingerprint density at radius 1 is 1.33 bits per heavy atom. The van der Waals surface area contributed by atoms with Crippen LogP contribution in [0.3, 0.4) is 0 Å². The molecule has 0 spiro atoms. The van der Waals surface area contributed by atoms with Crippen molar-refractivity contribution < 1.29 is 9.59 Å². The van der Waals surface area contributed by atoms with Crippen LogP contribution in [0.5, 0.6) is 0 Å². The number of rotatable bonds is 7. The van der Waals surface area contributed by atoms with Gasteiger partial charge in [0.05, 0.1) is 0 Å². The largest absolute Gasteiger partial charge is 0.354 e. The van der Waals surface area contributed by atoms with Crippen LogP contribution in [0.25, 0.3) is 0 Å². The summed E-state index contributed by atoms with van der Waals surface area (Å²) in [6.07, 6.45) is 0.902. The molecule has 15 heavy (non-hydrogen) atoms. The van der Waals surface area contributed by atoms with Crippen LogP contribution in [0, 0.1) is 0 Å². The van der Waals surface area contributed by atoms with E-state index in [0.717, 1.165) is 12.2 Å². The number of carbonyl (C=O) groups excluding carboxylic acids is 2. The SMILES string of the molecule is CCCNC(=O)[C@H](CSCC)NC(C)=O. The zero-order valence-corrected chi connectivity index (χ0v) is 10.4. The number of thioether (sulfide) groups is 1. The van der Waals surface area contributed by atoms with Gasteiger partial charge in [0, 0.05) is 19.2 Å². The fourth-order valence-electron chi connectivity index (χ4n) is 1.04. The minimum atomic E-state index is -0.404. The lowest BCUT2D eigenvalue weighted by atomic mass is 10.3. The summed E-state index contributed by atoms with van der Waals surface area (Å²) in [6.45, 7) is 6.11. The van der Waals surface area contributed by atoms with E-state index in [1.54, 1.807) is 11.8 Å². The maximum Gasteiger partial charge on any atom is 0.243 e. The van der Waals surface area contributed by atoms with Gasteiger partial charge in [-0.15, -0.1) is 0 Å². The standard InChI is InChI=1S/C10H20N2O2S/c1-4-6-11-10(14)9(7-15-5-2)12-8(3)13/h9H,4-7H2,1-3H3,(H,11,14)(H,12,13)/t9-/m0/s1. The Morgan fingerprint density at radius 3 is 2.47 bits per heavy atom. The quantitative estimate of drug-likeness (QED) is 0.681. The maximum absolute atomic E-state index is 11.6. The normalized spacial score (nSPS) is 11.9. The topological polar surface area (TPSA) is 58.2 Å². The molecule has 0 aromatic carbocycles. The summed E-state index contributed by atoms with van der Waals surface area (Å²) in [7, 11) is 0. The molecule has 0 aromatic rings. The fraction of sp³-hybridized carbons (Fsp3) is 0.800. The van der Waals surface area contributed by atoms with Gasteiger partial charge in [0.2, 0.25) is 11.8 Å². The zero-order chi connectivity index (χ0) is 11.7. The van der Waals surface area contributed by atoms with E-state index in [1.807, 2.05) is 13.8 Å². The number of nitrogens with one attached hydrogen (secondary N) is 2. The number of amides is 2. The summed E-state index contributed by atoms with van der Waals surface area (Å²) >= 11 is 1.64. The zero-order valence-electron chi connectivity index (χ0n) is 9.63. The molecule has 2 amide bonds.